The third kappa shape index (κ3) is 5.05. The van der Waals surface area contributed by atoms with E-state index in [-0.39, 0.29) is 0 Å². The van der Waals surface area contributed by atoms with Gasteiger partial charge < -0.3 is 9.47 Å². The van der Waals surface area contributed by atoms with Crippen molar-refractivity contribution < 1.29 is 9.47 Å². The zero-order chi connectivity index (χ0) is 20.2. The van der Waals surface area contributed by atoms with Gasteiger partial charge in [-0.05, 0) is 86.4 Å². The Kier molecular flexibility index (Phi) is 7.65. The second kappa shape index (κ2) is 10.0. The standard InChI is InChI=1S/C27H48O2/c1-3-28-21-27(24-12-5-4-6-13-24)16-8-7-14-25(27)15-17-29-20-26(2)18-22-10-9-11-23(22)19-26/h22-25H,3-21H2,1-2H3. The fraction of sp³-hybridized carbons (Fsp3) is 1.00. The molecule has 0 amide bonds. The number of ether oxygens (including phenoxy) is 2. The van der Waals surface area contributed by atoms with Crippen molar-refractivity contribution in [3.05, 3.63) is 0 Å². The van der Waals surface area contributed by atoms with Crippen LogP contribution in [-0.4, -0.2) is 26.4 Å². The molecule has 0 aromatic carbocycles. The first-order valence-electron chi connectivity index (χ1n) is 13.3. The first-order valence-corrected chi connectivity index (χ1v) is 13.3. The number of fused-ring (bicyclic) bond motifs is 1. The number of hydrogen-bond acceptors (Lipinski definition) is 2. The molecule has 0 bridgehead atoms. The summed E-state index contributed by atoms with van der Waals surface area (Å²) in [5.74, 6) is 3.76. The molecule has 0 aliphatic heterocycles. The first kappa shape index (κ1) is 22.1. The van der Waals surface area contributed by atoms with Gasteiger partial charge in [-0.2, -0.15) is 0 Å². The summed E-state index contributed by atoms with van der Waals surface area (Å²) >= 11 is 0. The van der Waals surface area contributed by atoms with Crippen molar-refractivity contribution in [2.75, 3.05) is 26.4 Å². The average Bonchev–Trinajstić information content (AvgIpc) is 3.29. The van der Waals surface area contributed by atoms with Crippen molar-refractivity contribution >= 4 is 0 Å². The van der Waals surface area contributed by atoms with Gasteiger partial charge in [-0.15, -0.1) is 0 Å². The van der Waals surface area contributed by atoms with Gasteiger partial charge in [0.1, 0.15) is 0 Å². The largest absolute Gasteiger partial charge is 0.381 e. The van der Waals surface area contributed by atoms with Crippen LogP contribution in [0, 0.1) is 34.5 Å². The SMILES string of the molecule is CCOCC1(C2CCCCC2)CCCCC1CCOCC1(C)CC2CCCC2C1. The van der Waals surface area contributed by atoms with Gasteiger partial charge in [-0.3, -0.25) is 0 Å². The van der Waals surface area contributed by atoms with E-state index in [2.05, 4.69) is 13.8 Å². The Morgan fingerprint density at radius 1 is 0.759 bits per heavy atom. The topological polar surface area (TPSA) is 18.5 Å². The van der Waals surface area contributed by atoms with Crippen LogP contribution in [0.5, 0.6) is 0 Å². The molecule has 0 heterocycles. The summed E-state index contributed by atoms with van der Waals surface area (Å²) in [6, 6.07) is 0. The second-order valence-corrected chi connectivity index (χ2v) is 11.7. The van der Waals surface area contributed by atoms with Crippen LogP contribution in [0.3, 0.4) is 0 Å². The minimum atomic E-state index is 0.451. The molecule has 4 unspecified atom stereocenters. The smallest absolute Gasteiger partial charge is 0.0527 e. The quantitative estimate of drug-likeness (QED) is 0.373. The van der Waals surface area contributed by atoms with E-state index in [0.717, 1.165) is 50.1 Å². The van der Waals surface area contributed by atoms with E-state index in [9.17, 15) is 0 Å². The summed E-state index contributed by atoms with van der Waals surface area (Å²) in [4.78, 5) is 0. The van der Waals surface area contributed by atoms with Gasteiger partial charge in [0.25, 0.3) is 0 Å². The lowest BCUT2D eigenvalue weighted by molar-refractivity contribution is -0.0784. The average molecular weight is 405 g/mol. The predicted octanol–water partition coefficient (Wildman–Crippen LogP) is 7.40. The van der Waals surface area contributed by atoms with Gasteiger partial charge >= 0.3 is 0 Å². The molecule has 4 rings (SSSR count). The molecule has 168 valence electrons. The minimum absolute atomic E-state index is 0.451. The van der Waals surface area contributed by atoms with Crippen LogP contribution in [0.25, 0.3) is 0 Å². The summed E-state index contributed by atoms with van der Waals surface area (Å²) in [5.41, 5.74) is 0.917. The van der Waals surface area contributed by atoms with Gasteiger partial charge in [0.15, 0.2) is 0 Å². The molecule has 0 spiro atoms. The fourth-order valence-corrected chi connectivity index (χ4v) is 8.25. The summed E-state index contributed by atoms with van der Waals surface area (Å²) in [6.45, 7) is 8.56. The van der Waals surface area contributed by atoms with Gasteiger partial charge in [0, 0.05) is 13.2 Å². The zero-order valence-electron chi connectivity index (χ0n) is 19.6. The van der Waals surface area contributed by atoms with Crippen LogP contribution in [0.2, 0.25) is 0 Å². The Labute approximate surface area is 180 Å². The maximum absolute atomic E-state index is 6.43. The molecule has 0 radical (unpaired) electrons. The Balaban J connectivity index is 1.31. The van der Waals surface area contributed by atoms with E-state index < -0.39 is 0 Å². The van der Waals surface area contributed by atoms with E-state index in [0.29, 0.717) is 10.8 Å². The summed E-state index contributed by atoms with van der Waals surface area (Å²) in [7, 11) is 0. The third-order valence-corrected chi connectivity index (χ3v) is 9.64. The molecule has 4 aliphatic rings. The summed E-state index contributed by atoms with van der Waals surface area (Å²) in [6.07, 6.45) is 21.5. The van der Waals surface area contributed by atoms with Crippen molar-refractivity contribution in [1.82, 2.24) is 0 Å². The Morgan fingerprint density at radius 3 is 2.21 bits per heavy atom. The van der Waals surface area contributed by atoms with E-state index in [1.165, 1.54) is 96.3 Å². The minimum Gasteiger partial charge on any atom is -0.381 e. The van der Waals surface area contributed by atoms with E-state index >= 15 is 0 Å². The van der Waals surface area contributed by atoms with E-state index in [1.54, 1.807) is 0 Å². The Hall–Kier alpha value is -0.0800. The van der Waals surface area contributed by atoms with Crippen molar-refractivity contribution in [1.29, 1.82) is 0 Å². The van der Waals surface area contributed by atoms with E-state index in [1.807, 2.05) is 0 Å². The third-order valence-electron chi connectivity index (χ3n) is 9.64. The lowest BCUT2D eigenvalue weighted by atomic mass is 9.56. The molecular formula is C27H48O2. The highest BCUT2D eigenvalue weighted by Crippen LogP contribution is 2.54. The summed E-state index contributed by atoms with van der Waals surface area (Å²) < 4.78 is 12.6. The highest BCUT2D eigenvalue weighted by Gasteiger charge is 2.47. The van der Waals surface area contributed by atoms with Crippen molar-refractivity contribution in [3.63, 3.8) is 0 Å². The van der Waals surface area contributed by atoms with Crippen molar-refractivity contribution in [2.45, 2.75) is 110 Å². The first-order chi connectivity index (χ1) is 14.2. The van der Waals surface area contributed by atoms with Crippen LogP contribution in [0.1, 0.15) is 110 Å². The monoisotopic (exact) mass is 404 g/mol. The molecule has 4 fully saturated rings. The van der Waals surface area contributed by atoms with Gasteiger partial charge in [-0.25, -0.2) is 0 Å². The van der Waals surface area contributed by atoms with Crippen LogP contribution in [0.15, 0.2) is 0 Å². The van der Waals surface area contributed by atoms with E-state index in [4.69, 9.17) is 9.47 Å². The highest BCUT2D eigenvalue weighted by atomic mass is 16.5. The molecule has 29 heavy (non-hydrogen) atoms. The van der Waals surface area contributed by atoms with Crippen molar-refractivity contribution in [2.24, 2.45) is 34.5 Å². The molecule has 4 atom stereocenters. The van der Waals surface area contributed by atoms with Crippen LogP contribution in [0.4, 0.5) is 0 Å². The van der Waals surface area contributed by atoms with Gasteiger partial charge in [0.05, 0.1) is 13.2 Å². The fourth-order valence-electron chi connectivity index (χ4n) is 8.25. The molecule has 0 aromatic rings. The zero-order valence-corrected chi connectivity index (χ0v) is 19.6. The highest BCUT2D eigenvalue weighted by molar-refractivity contribution is 4.97. The molecule has 0 aromatic heterocycles. The molecule has 4 aliphatic carbocycles. The van der Waals surface area contributed by atoms with Crippen LogP contribution >= 0.6 is 0 Å². The summed E-state index contributed by atoms with van der Waals surface area (Å²) in [5, 5.41) is 0. The van der Waals surface area contributed by atoms with Gasteiger partial charge in [0.2, 0.25) is 0 Å². The maximum atomic E-state index is 6.43. The second-order valence-electron chi connectivity index (χ2n) is 11.7. The number of rotatable bonds is 9. The van der Waals surface area contributed by atoms with Crippen LogP contribution < -0.4 is 0 Å². The lowest BCUT2D eigenvalue weighted by Crippen LogP contribution is -2.45. The molecule has 2 nitrogen and oxygen atoms in total. The van der Waals surface area contributed by atoms with Crippen molar-refractivity contribution in [3.8, 4) is 0 Å². The maximum Gasteiger partial charge on any atom is 0.0527 e. The molecule has 0 N–H and O–H groups in total. The molecule has 4 saturated carbocycles. The lowest BCUT2D eigenvalue weighted by Gasteiger charge is -2.50. The molecular weight excluding hydrogens is 356 g/mol. The normalized spacial score (nSPS) is 41.0. The number of hydrogen-bond donors (Lipinski definition) is 0. The predicted molar refractivity (Wildman–Crippen MR) is 121 cm³/mol. The Bertz CT molecular complexity index is 485. The van der Waals surface area contributed by atoms with Gasteiger partial charge in [-0.1, -0.05) is 58.3 Å². The Morgan fingerprint density at radius 2 is 1.48 bits per heavy atom. The molecule has 0 saturated heterocycles. The van der Waals surface area contributed by atoms with Crippen LogP contribution in [-0.2, 0) is 9.47 Å². The molecule has 2 heteroatoms.